The molecule has 8 heteroatoms. The smallest absolute Gasteiger partial charge is 0.292 e. The highest BCUT2D eigenvalue weighted by molar-refractivity contribution is 6.31. The normalized spacial score (nSPS) is 16.2. The van der Waals surface area contributed by atoms with Crippen molar-refractivity contribution in [2.75, 3.05) is 26.3 Å². The number of carbonyl (C=O) groups excluding carboxylic acids is 1. The van der Waals surface area contributed by atoms with Gasteiger partial charge >= 0.3 is 0 Å². The van der Waals surface area contributed by atoms with E-state index in [0.29, 0.717) is 26.3 Å². The van der Waals surface area contributed by atoms with Crippen molar-refractivity contribution in [3.8, 4) is 0 Å². The van der Waals surface area contributed by atoms with E-state index in [-0.39, 0.29) is 22.3 Å². The maximum Gasteiger partial charge on any atom is 0.292 e. The molecule has 0 spiro atoms. The lowest BCUT2D eigenvalue weighted by molar-refractivity contribution is 0.0294. The van der Waals surface area contributed by atoms with Crippen LogP contribution in [-0.4, -0.2) is 52.1 Å². The number of morpholine rings is 1. The Kier molecular flexibility index (Phi) is 3.52. The van der Waals surface area contributed by atoms with Crippen LogP contribution in [0.4, 0.5) is 0 Å². The molecule has 2 rings (SSSR count). The zero-order chi connectivity index (χ0) is 11.5. The van der Waals surface area contributed by atoms with E-state index in [1.807, 2.05) is 0 Å². The predicted octanol–water partition coefficient (Wildman–Crippen LogP) is 0.651. The first-order chi connectivity index (χ1) is 7.66. The SMILES string of the molecule is O=C(c1nc(Cl)nc(Cl)n1)N1CCOCC1. The lowest BCUT2D eigenvalue weighted by atomic mass is 10.4. The third kappa shape index (κ3) is 2.58. The highest BCUT2D eigenvalue weighted by atomic mass is 35.5. The van der Waals surface area contributed by atoms with Gasteiger partial charge in [-0.05, 0) is 23.2 Å². The molecule has 0 saturated carbocycles. The van der Waals surface area contributed by atoms with Gasteiger partial charge in [-0.15, -0.1) is 0 Å². The van der Waals surface area contributed by atoms with Gasteiger partial charge in [0, 0.05) is 13.1 Å². The maximum absolute atomic E-state index is 11.9. The molecule has 1 fully saturated rings. The van der Waals surface area contributed by atoms with E-state index in [1.54, 1.807) is 4.90 Å². The first-order valence-electron chi connectivity index (χ1n) is 4.61. The van der Waals surface area contributed by atoms with E-state index in [9.17, 15) is 4.79 Å². The van der Waals surface area contributed by atoms with Gasteiger partial charge in [-0.3, -0.25) is 4.79 Å². The Morgan fingerprint density at radius 2 is 1.69 bits per heavy atom. The van der Waals surface area contributed by atoms with E-state index in [4.69, 9.17) is 27.9 Å². The monoisotopic (exact) mass is 262 g/mol. The van der Waals surface area contributed by atoms with Crippen molar-refractivity contribution >= 4 is 29.1 Å². The molecular formula is C8H8Cl2N4O2. The second-order valence-corrected chi connectivity index (χ2v) is 3.78. The zero-order valence-electron chi connectivity index (χ0n) is 8.19. The number of aromatic nitrogens is 3. The van der Waals surface area contributed by atoms with Crippen molar-refractivity contribution in [3.63, 3.8) is 0 Å². The van der Waals surface area contributed by atoms with Crippen molar-refractivity contribution in [2.24, 2.45) is 0 Å². The average molecular weight is 263 g/mol. The summed E-state index contributed by atoms with van der Waals surface area (Å²) in [5, 5.41) is -0.173. The van der Waals surface area contributed by atoms with Gasteiger partial charge in [0.1, 0.15) is 0 Å². The van der Waals surface area contributed by atoms with Crippen molar-refractivity contribution in [2.45, 2.75) is 0 Å². The van der Waals surface area contributed by atoms with Gasteiger partial charge in [0.05, 0.1) is 13.2 Å². The molecule has 16 heavy (non-hydrogen) atoms. The van der Waals surface area contributed by atoms with E-state index >= 15 is 0 Å². The van der Waals surface area contributed by atoms with Crippen molar-refractivity contribution < 1.29 is 9.53 Å². The maximum atomic E-state index is 11.9. The van der Waals surface area contributed by atoms with Crippen LogP contribution in [0.5, 0.6) is 0 Å². The summed E-state index contributed by atoms with van der Waals surface area (Å²) in [6.45, 7) is 2.05. The van der Waals surface area contributed by atoms with Crippen LogP contribution >= 0.6 is 23.2 Å². The number of rotatable bonds is 1. The molecule has 1 saturated heterocycles. The molecule has 1 aliphatic rings. The topological polar surface area (TPSA) is 68.2 Å². The number of amides is 1. The van der Waals surface area contributed by atoms with E-state index < -0.39 is 0 Å². The van der Waals surface area contributed by atoms with Crippen LogP contribution in [-0.2, 0) is 4.74 Å². The van der Waals surface area contributed by atoms with E-state index in [0.717, 1.165) is 0 Å². The standard InChI is InChI=1S/C8H8Cl2N4O2/c9-7-11-5(12-8(10)13-7)6(15)14-1-3-16-4-2-14/h1-4H2. The van der Waals surface area contributed by atoms with Crippen LogP contribution in [0.2, 0.25) is 10.6 Å². The minimum Gasteiger partial charge on any atom is -0.378 e. The summed E-state index contributed by atoms with van der Waals surface area (Å²) in [6, 6.07) is 0. The number of nitrogens with zero attached hydrogens (tertiary/aromatic N) is 4. The minimum absolute atomic E-state index is 0.0353. The molecule has 86 valence electrons. The van der Waals surface area contributed by atoms with Gasteiger partial charge in [-0.2, -0.15) is 15.0 Å². The lowest BCUT2D eigenvalue weighted by Gasteiger charge is -2.25. The van der Waals surface area contributed by atoms with Gasteiger partial charge < -0.3 is 9.64 Å². The summed E-state index contributed by atoms with van der Waals surface area (Å²) >= 11 is 11.2. The van der Waals surface area contributed by atoms with Gasteiger partial charge in [-0.25, -0.2) is 0 Å². The summed E-state index contributed by atoms with van der Waals surface area (Å²) in [6.07, 6.45) is 0. The van der Waals surface area contributed by atoms with E-state index in [2.05, 4.69) is 15.0 Å². The fourth-order valence-corrected chi connectivity index (χ4v) is 1.69. The summed E-state index contributed by atoms with van der Waals surface area (Å²) < 4.78 is 5.13. The van der Waals surface area contributed by atoms with Gasteiger partial charge in [-0.1, -0.05) is 0 Å². The second kappa shape index (κ2) is 4.90. The summed E-state index contributed by atoms with van der Waals surface area (Å²) in [5.41, 5.74) is 0. The molecule has 1 aromatic heterocycles. The molecule has 1 aliphatic heterocycles. The fourth-order valence-electron chi connectivity index (χ4n) is 1.33. The Bertz CT molecular complexity index is 389. The first-order valence-corrected chi connectivity index (χ1v) is 5.36. The lowest BCUT2D eigenvalue weighted by Crippen LogP contribution is -2.41. The molecule has 1 aromatic rings. The molecule has 0 N–H and O–H groups in total. The van der Waals surface area contributed by atoms with Gasteiger partial charge in [0.25, 0.3) is 5.91 Å². The van der Waals surface area contributed by atoms with Crippen molar-refractivity contribution in [3.05, 3.63) is 16.4 Å². The summed E-state index contributed by atoms with van der Waals surface area (Å²) in [5.74, 6) is -0.346. The van der Waals surface area contributed by atoms with Crippen LogP contribution < -0.4 is 0 Å². The molecule has 1 amide bonds. The van der Waals surface area contributed by atoms with Crippen LogP contribution in [0.3, 0.4) is 0 Å². The molecule has 2 heterocycles. The van der Waals surface area contributed by atoms with Crippen LogP contribution in [0.15, 0.2) is 0 Å². The number of carbonyl (C=O) groups is 1. The van der Waals surface area contributed by atoms with Crippen LogP contribution in [0.1, 0.15) is 10.6 Å². The predicted molar refractivity (Wildman–Crippen MR) is 56.6 cm³/mol. The molecule has 0 aliphatic carbocycles. The van der Waals surface area contributed by atoms with Gasteiger partial charge in [0.2, 0.25) is 16.4 Å². The highest BCUT2D eigenvalue weighted by Crippen LogP contribution is 2.09. The van der Waals surface area contributed by atoms with Crippen LogP contribution in [0.25, 0.3) is 0 Å². The Balaban J connectivity index is 2.19. The molecular weight excluding hydrogens is 255 g/mol. The van der Waals surface area contributed by atoms with Crippen LogP contribution in [0, 0.1) is 0 Å². The first kappa shape index (κ1) is 11.5. The third-order valence-corrected chi connectivity index (χ3v) is 2.41. The Hall–Kier alpha value is -0.980. The Morgan fingerprint density at radius 3 is 2.25 bits per heavy atom. The molecule has 0 radical (unpaired) electrons. The van der Waals surface area contributed by atoms with Crippen molar-refractivity contribution in [1.29, 1.82) is 0 Å². The summed E-state index contributed by atoms with van der Waals surface area (Å²) in [7, 11) is 0. The van der Waals surface area contributed by atoms with E-state index in [1.165, 1.54) is 0 Å². The van der Waals surface area contributed by atoms with Gasteiger partial charge in [0.15, 0.2) is 0 Å². The molecule has 6 nitrogen and oxygen atoms in total. The third-order valence-electron chi connectivity index (χ3n) is 2.07. The number of ether oxygens (including phenoxy) is 1. The summed E-state index contributed by atoms with van der Waals surface area (Å²) in [4.78, 5) is 24.5. The Morgan fingerprint density at radius 1 is 1.12 bits per heavy atom. The highest BCUT2D eigenvalue weighted by Gasteiger charge is 2.21. The number of hydrogen-bond donors (Lipinski definition) is 0. The number of hydrogen-bond acceptors (Lipinski definition) is 5. The Labute approximate surface area is 102 Å². The minimum atomic E-state index is -0.311. The quantitative estimate of drug-likeness (QED) is 0.744. The van der Waals surface area contributed by atoms with Crippen molar-refractivity contribution in [1.82, 2.24) is 19.9 Å². The largest absolute Gasteiger partial charge is 0.378 e. The number of halogens is 2. The molecule has 0 aromatic carbocycles. The molecule has 0 bridgehead atoms. The zero-order valence-corrected chi connectivity index (χ0v) is 9.70. The average Bonchev–Trinajstić information content (AvgIpc) is 2.28. The molecule has 0 atom stereocenters. The fraction of sp³-hybridized carbons (Fsp3) is 0.500. The molecule has 0 unspecified atom stereocenters. The second-order valence-electron chi connectivity index (χ2n) is 3.10.